The standard InChI is InChI=1S/C51H30N4O2/c1-3-13-31(14-4-1)49-52-50(32-25-27-45-41(29-32)36-18-8-10-24-44(36)56-45)54-51(53-49)33-26-28-46-42(30-33)40-22-12-21-39(48(40)57-46)38-20-11-19-37-35-17-7-9-23-43(35)55(47(37)38)34-15-5-2-6-16-34/h1-30H. The predicted octanol–water partition coefficient (Wildman–Crippen LogP) is 13.4. The summed E-state index contributed by atoms with van der Waals surface area (Å²) in [4.78, 5) is 15.2. The van der Waals surface area contributed by atoms with Crippen LogP contribution >= 0.6 is 0 Å². The number of furan rings is 2. The molecule has 0 aliphatic rings. The van der Waals surface area contributed by atoms with Crippen LogP contribution < -0.4 is 0 Å². The van der Waals surface area contributed by atoms with Gasteiger partial charge in [-0.25, -0.2) is 15.0 Å². The van der Waals surface area contributed by atoms with Crippen LogP contribution in [0.1, 0.15) is 0 Å². The van der Waals surface area contributed by atoms with Gasteiger partial charge in [0.2, 0.25) is 0 Å². The first-order valence-electron chi connectivity index (χ1n) is 19.0. The van der Waals surface area contributed by atoms with Crippen LogP contribution in [0.25, 0.3) is 117 Å². The van der Waals surface area contributed by atoms with Crippen LogP contribution in [0.4, 0.5) is 0 Å². The molecule has 266 valence electrons. The molecule has 6 heteroatoms. The van der Waals surface area contributed by atoms with E-state index < -0.39 is 0 Å². The lowest BCUT2D eigenvalue weighted by Gasteiger charge is -2.12. The normalized spacial score (nSPS) is 11.9. The first-order valence-corrected chi connectivity index (χ1v) is 19.0. The van der Waals surface area contributed by atoms with Crippen LogP contribution in [0.15, 0.2) is 191 Å². The largest absolute Gasteiger partial charge is 0.456 e. The molecular formula is C51H30N4O2. The Hall–Kier alpha value is -7.83. The molecule has 0 aliphatic heterocycles. The number of rotatable bonds is 5. The minimum atomic E-state index is 0.584. The molecule has 0 N–H and O–H groups in total. The van der Waals surface area contributed by atoms with Crippen molar-refractivity contribution < 1.29 is 8.83 Å². The first kappa shape index (κ1) is 31.5. The van der Waals surface area contributed by atoms with Crippen molar-refractivity contribution in [3.8, 4) is 51.0 Å². The average molecular weight is 731 g/mol. The van der Waals surface area contributed by atoms with Gasteiger partial charge in [0.15, 0.2) is 17.5 Å². The van der Waals surface area contributed by atoms with E-state index >= 15 is 0 Å². The van der Waals surface area contributed by atoms with Gasteiger partial charge in [-0.3, -0.25) is 0 Å². The fourth-order valence-electron chi connectivity index (χ4n) is 8.45. The van der Waals surface area contributed by atoms with Crippen molar-refractivity contribution in [3.63, 3.8) is 0 Å². The minimum absolute atomic E-state index is 0.584. The highest BCUT2D eigenvalue weighted by molar-refractivity contribution is 6.17. The summed E-state index contributed by atoms with van der Waals surface area (Å²) in [7, 11) is 0. The third kappa shape index (κ3) is 4.94. The zero-order valence-corrected chi connectivity index (χ0v) is 30.4. The van der Waals surface area contributed by atoms with E-state index in [0.29, 0.717) is 17.5 Å². The average Bonchev–Trinajstić information content (AvgIpc) is 3.96. The highest BCUT2D eigenvalue weighted by atomic mass is 16.3. The van der Waals surface area contributed by atoms with E-state index in [4.69, 9.17) is 23.8 Å². The number of hydrogen-bond donors (Lipinski definition) is 0. The first-order chi connectivity index (χ1) is 28.2. The summed E-state index contributed by atoms with van der Waals surface area (Å²) in [5, 5.41) is 6.51. The lowest BCUT2D eigenvalue weighted by Crippen LogP contribution is -2.00. The third-order valence-corrected chi connectivity index (χ3v) is 11.1. The van der Waals surface area contributed by atoms with Gasteiger partial charge in [-0.2, -0.15) is 0 Å². The molecule has 0 amide bonds. The van der Waals surface area contributed by atoms with Gasteiger partial charge in [0.25, 0.3) is 0 Å². The summed E-state index contributed by atoms with van der Waals surface area (Å²) in [6.07, 6.45) is 0. The SMILES string of the molecule is c1ccc(-c2nc(-c3ccc4oc5ccccc5c4c3)nc(-c3ccc4oc5c(-c6cccc7c8ccccc8n(-c8ccccc8)c67)cccc5c4c3)n2)cc1. The molecule has 0 aliphatic carbocycles. The van der Waals surface area contributed by atoms with Gasteiger partial charge in [0.05, 0.1) is 11.0 Å². The molecule has 0 radical (unpaired) electrons. The maximum Gasteiger partial charge on any atom is 0.164 e. The molecule has 0 atom stereocenters. The Morgan fingerprint density at radius 3 is 1.65 bits per heavy atom. The van der Waals surface area contributed by atoms with Gasteiger partial charge in [0.1, 0.15) is 22.3 Å². The van der Waals surface area contributed by atoms with Crippen LogP contribution in [0.2, 0.25) is 0 Å². The molecule has 12 aromatic rings. The Morgan fingerprint density at radius 1 is 0.351 bits per heavy atom. The molecule has 57 heavy (non-hydrogen) atoms. The summed E-state index contributed by atoms with van der Waals surface area (Å²) >= 11 is 0. The van der Waals surface area contributed by atoms with E-state index in [9.17, 15) is 0 Å². The molecule has 4 aromatic heterocycles. The Morgan fingerprint density at radius 2 is 0.895 bits per heavy atom. The van der Waals surface area contributed by atoms with Crippen molar-refractivity contribution >= 4 is 65.7 Å². The molecular weight excluding hydrogens is 701 g/mol. The summed E-state index contributed by atoms with van der Waals surface area (Å²) in [5.74, 6) is 1.78. The lowest BCUT2D eigenvalue weighted by molar-refractivity contribution is 0.669. The summed E-state index contributed by atoms with van der Waals surface area (Å²) in [6.45, 7) is 0. The van der Waals surface area contributed by atoms with E-state index in [0.717, 1.165) is 88.4 Å². The van der Waals surface area contributed by atoms with E-state index in [2.05, 4.69) is 114 Å². The number of nitrogens with zero attached hydrogens (tertiary/aromatic N) is 4. The Balaban J connectivity index is 1.04. The molecule has 0 spiro atoms. The van der Waals surface area contributed by atoms with Gasteiger partial charge in [0, 0.05) is 65.8 Å². The lowest BCUT2D eigenvalue weighted by atomic mass is 9.99. The van der Waals surface area contributed by atoms with Gasteiger partial charge < -0.3 is 13.4 Å². The Labute approximate surface area is 325 Å². The highest BCUT2D eigenvalue weighted by Crippen LogP contribution is 2.43. The Bertz CT molecular complexity index is 3530. The summed E-state index contributed by atoms with van der Waals surface area (Å²) in [5.41, 5.74) is 11.5. The van der Waals surface area contributed by atoms with E-state index in [1.807, 2.05) is 72.8 Å². The zero-order valence-electron chi connectivity index (χ0n) is 30.4. The molecule has 4 heterocycles. The monoisotopic (exact) mass is 730 g/mol. The smallest absolute Gasteiger partial charge is 0.164 e. The molecule has 12 rings (SSSR count). The molecule has 0 fully saturated rings. The fourth-order valence-corrected chi connectivity index (χ4v) is 8.45. The van der Waals surface area contributed by atoms with E-state index in [1.165, 1.54) is 10.8 Å². The molecule has 6 nitrogen and oxygen atoms in total. The maximum absolute atomic E-state index is 6.78. The Kier molecular flexibility index (Phi) is 6.83. The molecule has 0 bridgehead atoms. The second kappa shape index (κ2) is 12.3. The van der Waals surface area contributed by atoms with Crippen LogP contribution in [0, 0.1) is 0 Å². The maximum atomic E-state index is 6.78. The third-order valence-electron chi connectivity index (χ3n) is 11.1. The number of aromatic nitrogens is 4. The number of fused-ring (bicyclic) bond motifs is 9. The van der Waals surface area contributed by atoms with Crippen molar-refractivity contribution in [2.75, 3.05) is 0 Å². The van der Waals surface area contributed by atoms with Crippen molar-refractivity contribution in [3.05, 3.63) is 182 Å². The molecule has 0 unspecified atom stereocenters. The van der Waals surface area contributed by atoms with Crippen molar-refractivity contribution in [2.24, 2.45) is 0 Å². The topological polar surface area (TPSA) is 69.9 Å². The number of hydrogen-bond acceptors (Lipinski definition) is 5. The van der Waals surface area contributed by atoms with Crippen LogP contribution in [-0.4, -0.2) is 19.5 Å². The summed E-state index contributed by atoms with van der Waals surface area (Å²) in [6, 6.07) is 62.7. The van der Waals surface area contributed by atoms with Crippen LogP contribution in [0.3, 0.4) is 0 Å². The van der Waals surface area contributed by atoms with Crippen LogP contribution in [-0.2, 0) is 0 Å². The van der Waals surface area contributed by atoms with Crippen LogP contribution in [0.5, 0.6) is 0 Å². The van der Waals surface area contributed by atoms with Crippen molar-refractivity contribution in [1.29, 1.82) is 0 Å². The van der Waals surface area contributed by atoms with Gasteiger partial charge in [-0.15, -0.1) is 0 Å². The van der Waals surface area contributed by atoms with E-state index in [1.54, 1.807) is 0 Å². The zero-order chi connectivity index (χ0) is 37.5. The molecule has 0 saturated heterocycles. The quantitative estimate of drug-likeness (QED) is 0.176. The molecule has 0 saturated carbocycles. The molecule has 8 aromatic carbocycles. The second-order valence-electron chi connectivity index (χ2n) is 14.4. The highest BCUT2D eigenvalue weighted by Gasteiger charge is 2.21. The van der Waals surface area contributed by atoms with Crippen molar-refractivity contribution in [1.82, 2.24) is 19.5 Å². The minimum Gasteiger partial charge on any atom is -0.456 e. The number of para-hydroxylation sites is 5. The number of benzene rings is 8. The van der Waals surface area contributed by atoms with Gasteiger partial charge >= 0.3 is 0 Å². The second-order valence-corrected chi connectivity index (χ2v) is 14.4. The van der Waals surface area contributed by atoms with E-state index in [-0.39, 0.29) is 0 Å². The predicted molar refractivity (Wildman–Crippen MR) is 230 cm³/mol. The van der Waals surface area contributed by atoms with Crippen molar-refractivity contribution in [2.45, 2.75) is 0 Å². The fraction of sp³-hybridized carbons (Fsp3) is 0. The van der Waals surface area contributed by atoms with Gasteiger partial charge in [-0.05, 0) is 60.7 Å². The van der Waals surface area contributed by atoms with Gasteiger partial charge in [-0.1, -0.05) is 121 Å². The summed E-state index contributed by atoms with van der Waals surface area (Å²) < 4.78 is 15.3.